The van der Waals surface area contributed by atoms with Gasteiger partial charge in [-0.3, -0.25) is 0 Å². The van der Waals surface area contributed by atoms with Crippen LogP contribution in [0.5, 0.6) is 0 Å². The van der Waals surface area contributed by atoms with Gasteiger partial charge in [-0.1, -0.05) is 6.92 Å². The number of rotatable bonds is 4. The standard InChI is InChI=1S/C12H15N5O2/c1-3-9-10(13)14-7-15-11(9)17-6-8(5-16-17)12(18)19-4-2/h5-7H,3-4H2,1-2H3,(H2,13,14,15). The number of hydrogen-bond acceptors (Lipinski definition) is 6. The topological polar surface area (TPSA) is 95.9 Å². The molecule has 2 N–H and O–H groups in total. The number of aromatic nitrogens is 4. The molecule has 0 aliphatic carbocycles. The largest absolute Gasteiger partial charge is 0.462 e. The molecule has 0 saturated heterocycles. The van der Waals surface area contributed by atoms with E-state index >= 15 is 0 Å². The second-order valence-electron chi connectivity index (χ2n) is 3.81. The van der Waals surface area contributed by atoms with Crippen molar-refractivity contribution in [3.8, 4) is 5.82 Å². The molecular weight excluding hydrogens is 246 g/mol. The van der Waals surface area contributed by atoms with Gasteiger partial charge >= 0.3 is 5.97 Å². The van der Waals surface area contributed by atoms with Gasteiger partial charge in [-0.15, -0.1) is 0 Å². The second-order valence-corrected chi connectivity index (χ2v) is 3.81. The summed E-state index contributed by atoms with van der Waals surface area (Å²) in [5.74, 6) is 0.583. The van der Waals surface area contributed by atoms with E-state index in [-0.39, 0.29) is 0 Å². The van der Waals surface area contributed by atoms with Gasteiger partial charge in [-0.05, 0) is 13.3 Å². The zero-order valence-corrected chi connectivity index (χ0v) is 10.8. The lowest BCUT2D eigenvalue weighted by atomic mass is 10.2. The van der Waals surface area contributed by atoms with Crippen LogP contribution in [0, 0.1) is 0 Å². The van der Waals surface area contributed by atoms with Crippen LogP contribution >= 0.6 is 0 Å². The predicted molar refractivity (Wildman–Crippen MR) is 68.9 cm³/mol. The Bertz CT molecular complexity index is 594. The number of nitrogen functional groups attached to an aromatic ring is 1. The van der Waals surface area contributed by atoms with Crippen LogP contribution in [0.15, 0.2) is 18.7 Å². The van der Waals surface area contributed by atoms with Gasteiger partial charge in [0.1, 0.15) is 12.1 Å². The molecular formula is C12H15N5O2. The molecule has 2 aromatic rings. The van der Waals surface area contributed by atoms with Gasteiger partial charge in [-0.25, -0.2) is 19.4 Å². The summed E-state index contributed by atoms with van der Waals surface area (Å²) in [7, 11) is 0. The van der Waals surface area contributed by atoms with E-state index in [0.717, 1.165) is 5.56 Å². The smallest absolute Gasteiger partial charge is 0.341 e. The second kappa shape index (κ2) is 5.47. The zero-order valence-electron chi connectivity index (χ0n) is 10.8. The molecule has 0 unspecified atom stereocenters. The summed E-state index contributed by atoms with van der Waals surface area (Å²) in [6.45, 7) is 4.03. The van der Waals surface area contributed by atoms with Gasteiger partial charge in [0.25, 0.3) is 0 Å². The van der Waals surface area contributed by atoms with Crippen LogP contribution in [0.25, 0.3) is 5.82 Å². The van der Waals surface area contributed by atoms with Gasteiger partial charge in [-0.2, -0.15) is 5.10 Å². The highest BCUT2D eigenvalue weighted by molar-refractivity contribution is 5.88. The molecule has 0 atom stereocenters. The lowest BCUT2D eigenvalue weighted by Gasteiger charge is -2.07. The van der Waals surface area contributed by atoms with E-state index in [4.69, 9.17) is 10.5 Å². The summed E-state index contributed by atoms with van der Waals surface area (Å²) in [6, 6.07) is 0. The van der Waals surface area contributed by atoms with E-state index < -0.39 is 5.97 Å². The summed E-state index contributed by atoms with van der Waals surface area (Å²) in [5.41, 5.74) is 6.97. The Morgan fingerprint density at radius 1 is 1.42 bits per heavy atom. The lowest BCUT2D eigenvalue weighted by Crippen LogP contribution is -2.08. The molecule has 0 amide bonds. The molecule has 0 bridgehead atoms. The first-order chi connectivity index (χ1) is 9.17. The number of carbonyl (C=O) groups excluding carboxylic acids is 1. The molecule has 0 fully saturated rings. The van der Waals surface area contributed by atoms with Crippen LogP contribution in [-0.4, -0.2) is 32.3 Å². The average Bonchev–Trinajstić information content (AvgIpc) is 2.88. The monoisotopic (exact) mass is 261 g/mol. The zero-order chi connectivity index (χ0) is 13.8. The minimum absolute atomic E-state index is 0.324. The SMILES string of the molecule is CCOC(=O)c1cnn(-c2ncnc(N)c2CC)c1. The quantitative estimate of drug-likeness (QED) is 0.824. The van der Waals surface area contributed by atoms with Crippen LogP contribution in [0.4, 0.5) is 5.82 Å². The van der Waals surface area contributed by atoms with E-state index in [0.29, 0.717) is 30.2 Å². The molecule has 100 valence electrons. The number of hydrogen-bond donors (Lipinski definition) is 1. The van der Waals surface area contributed by atoms with Crippen LogP contribution < -0.4 is 5.73 Å². The highest BCUT2D eigenvalue weighted by Gasteiger charge is 2.14. The third-order valence-electron chi connectivity index (χ3n) is 2.62. The van der Waals surface area contributed by atoms with Crippen molar-refractivity contribution >= 4 is 11.8 Å². The summed E-state index contributed by atoms with van der Waals surface area (Å²) >= 11 is 0. The Balaban J connectivity index is 2.38. The van der Waals surface area contributed by atoms with Crippen molar-refractivity contribution in [1.82, 2.24) is 19.7 Å². The summed E-state index contributed by atoms with van der Waals surface area (Å²) in [6.07, 6.45) is 5.06. The molecule has 7 nitrogen and oxygen atoms in total. The Morgan fingerprint density at radius 2 is 2.21 bits per heavy atom. The molecule has 7 heteroatoms. The van der Waals surface area contributed by atoms with E-state index in [1.54, 1.807) is 13.1 Å². The van der Waals surface area contributed by atoms with Crippen molar-refractivity contribution in [1.29, 1.82) is 0 Å². The normalized spacial score (nSPS) is 10.4. The maximum absolute atomic E-state index is 11.6. The third kappa shape index (κ3) is 2.54. The van der Waals surface area contributed by atoms with Crippen molar-refractivity contribution in [2.24, 2.45) is 0 Å². The predicted octanol–water partition coefficient (Wildman–Crippen LogP) is 0.984. The minimum atomic E-state index is -0.408. The summed E-state index contributed by atoms with van der Waals surface area (Å²) in [4.78, 5) is 19.7. The van der Waals surface area contributed by atoms with Gasteiger partial charge < -0.3 is 10.5 Å². The van der Waals surface area contributed by atoms with E-state index in [2.05, 4.69) is 15.1 Å². The van der Waals surface area contributed by atoms with Crippen molar-refractivity contribution < 1.29 is 9.53 Å². The average molecular weight is 261 g/mol. The molecule has 0 aromatic carbocycles. The first kappa shape index (κ1) is 13.0. The molecule has 2 rings (SSSR count). The van der Waals surface area contributed by atoms with Crippen molar-refractivity contribution in [2.75, 3.05) is 12.3 Å². The number of nitrogens with zero attached hydrogens (tertiary/aromatic N) is 4. The van der Waals surface area contributed by atoms with Crippen LogP contribution in [0.3, 0.4) is 0 Å². The highest BCUT2D eigenvalue weighted by atomic mass is 16.5. The van der Waals surface area contributed by atoms with Crippen molar-refractivity contribution in [2.45, 2.75) is 20.3 Å². The molecule has 0 saturated carbocycles. The number of esters is 1. The maximum atomic E-state index is 11.6. The Kier molecular flexibility index (Phi) is 3.74. The maximum Gasteiger partial charge on any atom is 0.341 e. The van der Waals surface area contributed by atoms with E-state index in [9.17, 15) is 4.79 Å². The van der Waals surface area contributed by atoms with Gasteiger partial charge in [0.2, 0.25) is 0 Å². The summed E-state index contributed by atoms with van der Waals surface area (Å²) < 4.78 is 6.41. The number of ether oxygens (including phenoxy) is 1. The van der Waals surface area contributed by atoms with Crippen LogP contribution in [0.2, 0.25) is 0 Å². The summed E-state index contributed by atoms with van der Waals surface area (Å²) in [5, 5.41) is 4.11. The van der Waals surface area contributed by atoms with Gasteiger partial charge in [0, 0.05) is 11.8 Å². The number of carbonyl (C=O) groups is 1. The van der Waals surface area contributed by atoms with Crippen LogP contribution in [0.1, 0.15) is 29.8 Å². The Morgan fingerprint density at radius 3 is 2.89 bits per heavy atom. The molecule has 2 aromatic heterocycles. The first-order valence-corrected chi connectivity index (χ1v) is 5.98. The molecule has 0 aliphatic rings. The minimum Gasteiger partial charge on any atom is -0.462 e. The van der Waals surface area contributed by atoms with Crippen molar-refractivity contribution in [3.05, 3.63) is 29.8 Å². The Hall–Kier alpha value is -2.44. The molecule has 0 spiro atoms. The lowest BCUT2D eigenvalue weighted by molar-refractivity contribution is 0.0526. The molecule has 0 aliphatic heterocycles. The fourth-order valence-electron chi connectivity index (χ4n) is 1.71. The van der Waals surface area contributed by atoms with E-state index in [1.807, 2.05) is 6.92 Å². The number of anilines is 1. The molecule has 0 radical (unpaired) electrons. The van der Waals surface area contributed by atoms with Crippen LogP contribution in [-0.2, 0) is 11.2 Å². The fraction of sp³-hybridized carbons (Fsp3) is 0.333. The third-order valence-corrected chi connectivity index (χ3v) is 2.62. The van der Waals surface area contributed by atoms with Gasteiger partial charge in [0.05, 0.1) is 18.4 Å². The van der Waals surface area contributed by atoms with Crippen molar-refractivity contribution in [3.63, 3.8) is 0 Å². The number of nitrogens with two attached hydrogens (primary N) is 1. The highest BCUT2D eigenvalue weighted by Crippen LogP contribution is 2.17. The van der Waals surface area contributed by atoms with Gasteiger partial charge in [0.15, 0.2) is 5.82 Å². The molecule has 19 heavy (non-hydrogen) atoms. The molecule has 2 heterocycles. The fourth-order valence-corrected chi connectivity index (χ4v) is 1.71. The first-order valence-electron chi connectivity index (χ1n) is 5.98. The van der Waals surface area contributed by atoms with E-state index in [1.165, 1.54) is 17.2 Å². The Labute approximate surface area is 110 Å².